The standard InChI is InChI=1S/C13H15NO2/c1-3-11(10-15)13(16-4-2)14-12-8-6-5-7-9-12/h5-9H,3-4H2,1-2H3. The van der Waals surface area contributed by atoms with E-state index >= 15 is 0 Å². The summed E-state index contributed by atoms with van der Waals surface area (Å²) in [6.07, 6.45) is 0.565. The van der Waals surface area contributed by atoms with Crippen LogP contribution in [-0.2, 0) is 9.53 Å². The first kappa shape index (κ1) is 12.2. The highest BCUT2D eigenvalue weighted by Crippen LogP contribution is 2.13. The van der Waals surface area contributed by atoms with Crippen molar-refractivity contribution in [3.8, 4) is 0 Å². The van der Waals surface area contributed by atoms with Crippen molar-refractivity contribution >= 4 is 17.5 Å². The molecule has 0 heterocycles. The van der Waals surface area contributed by atoms with Crippen LogP contribution in [0.1, 0.15) is 20.3 Å². The highest BCUT2D eigenvalue weighted by Gasteiger charge is 2.07. The number of hydrogen-bond acceptors (Lipinski definition) is 3. The maximum Gasteiger partial charge on any atom is 0.228 e. The van der Waals surface area contributed by atoms with Gasteiger partial charge >= 0.3 is 0 Å². The molecule has 0 N–H and O–H groups in total. The number of benzene rings is 1. The molecule has 1 aromatic rings. The number of aliphatic imine (C=N–C) groups is 1. The molecule has 1 aromatic carbocycles. The van der Waals surface area contributed by atoms with Gasteiger partial charge in [0.2, 0.25) is 5.90 Å². The molecule has 3 nitrogen and oxygen atoms in total. The fraction of sp³-hybridized carbons (Fsp3) is 0.308. The zero-order chi connectivity index (χ0) is 11.8. The normalized spacial score (nSPS) is 10.8. The zero-order valence-electron chi connectivity index (χ0n) is 9.56. The second kappa shape index (κ2) is 6.59. The average molecular weight is 217 g/mol. The van der Waals surface area contributed by atoms with E-state index in [9.17, 15) is 4.79 Å². The van der Waals surface area contributed by atoms with Crippen molar-refractivity contribution in [3.05, 3.63) is 35.9 Å². The number of carbonyl (C=O) groups excluding carboxylic acids is 1. The summed E-state index contributed by atoms with van der Waals surface area (Å²) in [6.45, 7) is 4.22. The summed E-state index contributed by atoms with van der Waals surface area (Å²) in [7, 11) is 0. The molecule has 0 aliphatic heterocycles. The number of para-hydroxylation sites is 1. The molecular weight excluding hydrogens is 202 g/mol. The molecule has 0 radical (unpaired) electrons. The van der Waals surface area contributed by atoms with Gasteiger partial charge in [0, 0.05) is 0 Å². The molecule has 0 spiro atoms. The lowest BCUT2D eigenvalue weighted by Gasteiger charge is -2.06. The van der Waals surface area contributed by atoms with Crippen LogP contribution in [0.5, 0.6) is 0 Å². The highest BCUT2D eigenvalue weighted by atomic mass is 16.5. The lowest BCUT2D eigenvalue weighted by Crippen LogP contribution is -2.08. The van der Waals surface area contributed by atoms with Crippen LogP contribution in [0.15, 0.2) is 40.9 Å². The Morgan fingerprint density at radius 3 is 2.50 bits per heavy atom. The summed E-state index contributed by atoms with van der Waals surface area (Å²) in [5, 5.41) is 0. The van der Waals surface area contributed by atoms with Crippen LogP contribution < -0.4 is 0 Å². The van der Waals surface area contributed by atoms with Crippen LogP contribution in [0.2, 0.25) is 0 Å². The van der Waals surface area contributed by atoms with Gasteiger partial charge in [-0.1, -0.05) is 25.1 Å². The van der Waals surface area contributed by atoms with E-state index in [1.807, 2.05) is 50.1 Å². The summed E-state index contributed by atoms with van der Waals surface area (Å²) < 4.78 is 5.34. The first-order chi connectivity index (χ1) is 7.81. The number of hydrogen-bond donors (Lipinski definition) is 0. The quantitative estimate of drug-likeness (QED) is 0.442. The Kier molecular flexibility index (Phi) is 5.03. The fourth-order valence-electron chi connectivity index (χ4n) is 1.21. The van der Waals surface area contributed by atoms with Crippen molar-refractivity contribution in [1.29, 1.82) is 0 Å². The van der Waals surface area contributed by atoms with Gasteiger partial charge in [-0.3, -0.25) is 0 Å². The van der Waals surface area contributed by atoms with Crippen molar-refractivity contribution in [2.24, 2.45) is 4.99 Å². The minimum atomic E-state index is 0.367. The fourth-order valence-corrected chi connectivity index (χ4v) is 1.21. The second-order valence-electron chi connectivity index (χ2n) is 3.12. The molecular formula is C13H15NO2. The molecule has 1 rings (SSSR count). The zero-order valence-corrected chi connectivity index (χ0v) is 9.56. The van der Waals surface area contributed by atoms with Crippen molar-refractivity contribution < 1.29 is 9.53 Å². The molecule has 3 heteroatoms. The van der Waals surface area contributed by atoms with Gasteiger partial charge in [-0.15, -0.1) is 0 Å². The van der Waals surface area contributed by atoms with Gasteiger partial charge in [-0.2, -0.15) is 0 Å². The molecule has 0 amide bonds. The molecule has 0 bridgehead atoms. The van der Waals surface area contributed by atoms with Gasteiger partial charge in [0.1, 0.15) is 5.94 Å². The number of ether oxygens (including phenoxy) is 1. The Morgan fingerprint density at radius 2 is 2.00 bits per heavy atom. The number of rotatable bonds is 4. The second-order valence-corrected chi connectivity index (χ2v) is 3.12. The van der Waals surface area contributed by atoms with Crippen molar-refractivity contribution in [1.82, 2.24) is 0 Å². The minimum absolute atomic E-state index is 0.367. The van der Waals surface area contributed by atoms with Crippen LogP contribution in [0.4, 0.5) is 5.69 Å². The highest BCUT2D eigenvalue weighted by molar-refractivity contribution is 6.01. The summed E-state index contributed by atoms with van der Waals surface area (Å²) in [5.74, 6) is 2.23. The predicted octanol–water partition coefficient (Wildman–Crippen LogP) is 2.92. The smallest absolute Gasteiger partial charge is 0.228 e. The van der Waals surface area contributed by atoms with Crippen molar-refractivity contribution in [3.63, 3.8) is 0 Å². The van der Waals surface area contributed by atoms with Crippen molar-refractivity contribution in [2.45, 2.75) is 20.3 Å². The molecule has 0 aromatic heterocycles. The third-order valence-corrected chi connectivity index (χ3v) is 2.00. The maximum absolute atomic E-state index is 10.7. The van der Waals surface area contributed by atoms with Gasteiger partial charge < -0.3 is 4.74 Å². The molecule has 16 heavy (non-hydrogen) atoms. The Balaban J connectivity index is 3.02. The lowest BCUT2D eigenvalue weighted by molar-refractivity contribution is 0.327. The predicted molar refractivity (Wildman–Crippen MR) is 64.7 cm³/mol. The van der Waals surface area contributed by atoms with E-state index < -0.39 is 0 Å². The van der Waals surface area contributed by atoms with Crippen molar-refractivity contribution in [2.75, 3.05) is 6.61 Å². The van der Waals surface area contributed by atoms with Crippen LogP contribution in [-0.4, -0.2) is 18.4 Å². The Hall–Kier alpha value is -1.86. The van der Waals surface area contributed by atoms with Gasteiger partial charge in [0.25, 0.3) is 0 Å². The molecule has 0 aliphatic carbocycles. The maximum atomic E-state index is 10.7. The largest absolute Gasteiger partial charge is 0.477 e. The Labute approximate surface area is 95.5 Å². The third kappa shape index (κ3) is 3.37. The van der Waals surface area contributed by atoms with Gasteiger partial charge in [-0.05, 0) is 25.5 Å². The molecule has 0 saturated heterocycles. The van der Waals surface area contributed by atoms with E-state index in [1.165, 1.54) is 0 Å². The average Bonchev–Trinajstić information content (AvgIpc) is 2.32. The minimum Gasteiger partial charge on any atom is -0.477 e. The first-order valence-corrected chi connectivity index (χ1v) is 5.32. The van der Waals surface area contributed by atoms with Gasteiger partial charge in [0.15, 0.2) is 0 Å². The monoisotopic (exact) mass is 217 g/mol. The SMILES string of the molecule is CCOC(=Nc1ccccc1)C(=C=O)CC. The topological polar surface area (TPSA) is 38.7 Å². The van der Waals surface area contributed by atoms with Crippen LogP contribution >= 0.6 is 0 Å². The molecule has 0 fully saturated rings. The summed E-state index contributed by atoms with van der Waals surface area (Å²) >= 11 is 0. The first-order valence-electron chi connectivity index (χ1n) is 5.32. The molecule has 0 unspecified atom stereocenters. The Morgan fingerprint density at radius 1 is 1.31 bits per heavy atom. The van der Waals surface area contributed by atoms with Gasteiger partial charge in [0.05, 0.1) is 17.9 Å². The van der Waals surface area contributed by atoms with E-state index in [0.29, 0.717) is 24.5 Å². The van der Waals surface area contributed by atoms with E-state index in [1.54, 1.807) is 0 Å². The summed E-state index contributed by atoms with van der Waals surface area (Å²) in [5.41, 5.74) is 1.23. The molecule has 0 saturated carbocycles. The van der Waals surface area contributed by atoms with Crippen LogP contribution in [0.3, 0.4) is 0 Å². The number of nitrogens with zero attached hydrogens (tertiary/aromatic N) is 1. The Bertz CT molecular complexity index is 403. The van der Waals surface area contributed by atoms with E-state index in [0.717, 1.165) is 5.69 Å². The van der Waals surface area contributed by atoms with Crippen LogP contribution in [0, 0.1) is 0 Å². The molecule has 0 atom stereocenters. The van der Waals surface area contributed by atoms with Gasteiger partial charge in [-0.25, -0.2) is 9.79 Å². The van der Waals surface area contributed by atoms with Crippen LogP contribution in [0.25, 0.3) is 0 Å². The van der Waals surface area contributed by atoms with E-state index in [-0.39, 0.29) is 0 Å². The van der Waals surface area contributed by atoms with E-state index in [4.69, 9.17) is 4.74 Å². The molecule has 84 valence electrons. The van der Waals surface area contributed by atoms with E-state index in [2.05, 4.69) is 4.99 Å². The summed E-state index contributed by atoms with van der Waals surface area (Å²) in [4.78, 5) is 15.0. The third-order valence-electron chi connectivity index (χ3n) is 2.00. The lowest BCUT2D eigenvalue weighted by atomic mass is 10.2. The molecule has 0 aliphatic rings. The summed E-state index contributed by atoms with van der Waals surface area (Å²) in [6, 6.07) is 9.40.